The highest BCUT2D eigenvalue weighted by molar-refractivity contribution is 5.57. The molecule has 2 rings (SSSR count). The van der Waals surface area contributed by atoms with E-state index in [4.69, 9.17) is 0 Å². The summed E-state index contributed by atoms with van der Waals surface area (Å²) in [6.07, 6.45) is 0.956. The fourth-order valence-electron chi connectivity index (χ4n) is 2.43. The van der Waals surface area contributed by atoms with E-state index < -0.39 is 0 Å². The van der Waals surface area contributed by atoms with Gasteiger partial charge in [-0.3, -0.25) is 10.1 Å². The molecule has 2 aromatic rings. The van der Waals surface area contributed by atoms with Crippen LogP contribution in [0, 0.1) is 24.0 Å². The monoisotopic (exact) mass is 284 g/mol. The molecule has 0 fully saturated rings. The molecule has 1 N–H and O–H groups in total. The fraction of sp³-hybridized carbons (Fsp3) is 0.294. The molecule has 0 radical (unpaired) electrons. The molecule has 110 valence electrons. The van der Waals surface area contributed by atoms with E-state index in [1.165, 1.54) is 11.1 Å². The van der Waals surface area contributed by atoms with Crippen LogP contribution in [0.1, 0.15) is 29.2 Å². The Morgan fingerprint density at radius 2 is 1.90 bits per heavy atom. The maximum absolute atomic E-state index is 11.0. The van der Waals surface area contributed by atoms with Crippen LogP contribution in [0.3, 0.4) is 0 Å². The van der Waals surface area contributed by atoms with Crippen molar-refractivity contribution in [3.05, 3.63) is 68.8 Å². The van der Waals surface area contributed by atoms with E-state index in [0.717, 1.165) is 17.7 Å². The Balaban J connectivity index is 2.21. The highest BCUT2D eigenvalue weighted by atomic mass is 16.6. The predicted molar refractivity (Wildman–Crippen MR) is 85.7 cm³/mol. The predicted octanol–water partition coefficient (Wildman–Crippen LogP) is 4.39. The fourth-order valence-corrected chi connectivity index (χ4v) is 2.43. The number of nitrogens with one attached hydrogen (secondary N) is 1. The third-order valence-electron chi connectivity index (χ3n) is 3.68. The Labute approximate surface area is 125 Å². The molecule has 2 aromatic carbocycles. The van der Waals surface area contributed by atoms with Gasteiger partial charge in [-0.2, -0.15) is 0 Å². The molecular weight excluding hydrogens is 264 g/mol. The van der Waals surface area contributed by atoms with Gasteiger partial charge in [0.2, 0.25) is 0 Å². The van der Waals surface area contributed by atoms with E-state index >= 15 is 0 Å². The molecule has 0 unspecified atom stereocenters. The van der Waals surface area contributed by atoms with Gasteiger partial charge in [0.1, 0.15) is 0 Å². The maximum Gasteiger partial charge on any atom is 0.272 e. The Kier molecular flexibility index (Phi) is 4.58. The van der Waals surface area contributed by atoms with Crippen molar-refractivity contribution < 1.29 is 4.92 Å². The second-order valence-corrected chi connectivity index (χ2v) is 5.19. The van der Waals surface area contributed by atoms with Crippen molar-refractivity contribution in [3.63, 3.8) is 0 Å². The molecule has 4 heteroatoms. The van der Waals surface area contributed by atoms with Crippen LogP contribution in [-0.4, -0.2) is 4.92 Å². The van der Waals surface area contributed by atoms with Crippen LogP contribution in [-0.2, 0) is 13.0 Å². The lowest BCUT2D eigenvalue weighted by Gasteiger charge is -2.14. The molecule has 4 nitrogen and oxygen atoms in total. The van der Waals surface area contributed by atoms with E-state index in [2.05, 4.69) is 37.4 Å². The number of hydrogen-bond acceptors (Lipinski definition) is 3. The van der Waals surface area contributed by atoms with E-state index in [1.54, 1.807) is 19.1 Å². The number of rotatable bonds is 5. The first-order valence-electron chi connectivity index (χ1n) is 7.09. The minimum atomic E-state index is -0.329. The second kappa shape index (κ2) is 6.39. The molecule has 0 aliphatic heterocycles. The largest absolute Gasteiger partial charge is 0.381 e. The van der Waals surface area contributed by atoms with Gasteiger partial charge in [-0.1, -0.05) is 37.3 Å². The zero-order valence-corrected chi connectivity index (χ0v) is 12.6. The summed E-state index contributed by atoms with van der Waals surface area (Å²) in [5.74, 6) is 0. The normalized spacial score (nSPS) is 10.4. The molecule has 0 saturated carbocycles. The van der Waals surface area contributed by atoms with Crippen molar-refractivity contribution in [2.45, 2.75) is 33.7 Å². The van der Waals surface area contributed by atoms with Crippen LogP contribution in [0.15, 0.2) is 36.4 Å². The van der Waals surface area contributed by atoms with Gasteiger partial charge in [-0.15, -0.1) is 0 Å². The molecule has 0 saturated heterocycles. The van der Waals surface area contributed by atoms with Crippen molar-refractivity contribution in [3.8, 4) is 0 Å². The molecular formula is C17H20N2O2. The first-order valence-corrected chi connectivity index (χ1v) is 7.09. The number of hydrogen-bond donors (Lipinski definition) is 1. The minimum absolute atomic E-state index is 0.176. The lowest BCUT2D eigenvalue weighted by Crippen LogP contribution is -2.05. The smallest absolute Gasteiger partial charge is 0.272 e. The number of nitro groups is 1. The molecule has 0 atom stereocenters. The van der Waals surface area contributed by atoms with Gasteiger partial charge in [0.05, 0.1) is 4.92 Å². The molecule has 0 aliphatic carbocycles. The standard InChI is InChI=1S/C17H20N2O2/c1-4-15-7-5-6-13(3)17(15)18-11-14-9-8-12(2)16(10-14)19(20)21/h5-10,18H,4,11H2,1-3H3. The van der Waals surface area contributed by atoms with Crippen molar-refractivity contribution in [1.29, 1.82) is 0 Å². The third kappa shape index (κ3) is 3.40. The highest BCUT2D eigenvalue weighted by Gasteiger charge is 2.11. The van der Waals surface area contributed by atoms with Gasteiger partial charge in [0.15, 0.2) is 0 Å². The van der Waals surface area contributed by atoms with Gasteiger partial charge >= 0.3 is 0 Å². The van der Waals surface area contributed by atoms with Gasteiger partial charge in [-0.25, -0.2) is 0 Å². The maximum atomic E-state index is 11.0. The lowest BCUT2D eigenvalue weighted by atomic mass is 10.1. The quantitative estimate of drug-likeness (QED) is 0.654. The van der Waals surface area contributed by atoms with Gasteiger partial charge < -0.3 is 5.32 Å². The van der Waals surface area contributed by atoms with Crippen molar-refractivity contribution in [2.75, 3.05) is 5.32 Å². The minimum Gasteiger partial charge on any atom is -0.381 e. The van der Waals surface area contributed by atoms with Crippen LogP contribution in [0.5, 0.6) is 0 Å². The molecule has 21 heavy (non-hydrogen) atoms. The molecule has 0 aromatic heterocycles. The average molecular weight is 284 g/mol. The van der Waals surface area contributed by atoms with Crippen LogP contribution < -0.4 is 5.32 Å². The molecule has 0 aliphatic rings. The SMILES string of the molecule is CCc1cccc(C)c1NCc1ccc(C)c([N+](=O)[O-])c1. The number of nitrogens with zero attached hydrogens (tertiary/aromatic N) is 1. The zero-order valence-electron chi connectivity index (χ0n) is 12.6. The molecule has 0 heterocycles. The zero-order chi connectivity index (χ0) is 15.4. The van der Waals surface area contributed by atoms with Crippen molar-refractivity contribution in [2.24, 2.45) is 0 Å². The van der Waals surface area contributed by atoms with Crippen molar-refractivity contribution in [1.82, 2.24) is 0 Å². The average Bonchev–Trinajstić information content (AvgIpc) is 2.46. The van der Waals surface area contributed by atoms with Crippen molar-refractivity contribution >= 4 is 11.4 Å². The van der Waals surface area contributed by atoms with E-state index in [1.807, 2.05) is 6.07 Å². The highest BCUT2D eigenvalue weighted by Crippen LogP contribution is 2.23. The topological polar surface area (TPSA) is 55.2 Å². The number of aryl methyl sites for hydroxylation is 3. The Morgan fingerprint density at radius 3 is 2.57 bits per heavy atom. The van der Waals surface area contributed by atoms with Gasteiger partial charge in [0, 0.05) is 23.9 Å². The Morgan fingerprint density at radius 1 is 1.14 bits per heavy atom. The molecule has 0 spiro atoms. The molecule has 0 bridgehead atoms. The summed E-state index contributed by atoms with van der Waals surface area (Å²) in [5, 5.41) is 14.4. The number of nitro benzene ring substituents is 1. The second-order valence-electron chi connectivity index (χ2n) is 5.19. The number of anilines is 1. The molecule has 0 amide bonds. The van der Waals surface area contributed by atoms with E-state index in [-0.39, 0.29) is 10.6 Å². The van der Waals surface area contributed by atoms with E-state index in [0.29, 0.717) is 12.1 Å². The summed E-state index contributed by atoms with van der Waals surface area (Å²) in [4.78, 5) is 10.7. The van der Waals surface area contributed by atoms with Crippen LogP contribution in [0.2, 0.25) is 0 Å². The summed E-state index contributed by atoms with van der Waals surface area (Å²) in [6.45, 7) is 6.53. The Hall–Kier alpha value is -2.36. The van der Waals surface area contributed by atoms with Gasteiger partial charge in [-0.05, 0) is 37.0 Å². The summed E-state index contributed by atoms with van der Waals surface area (Å²) in [7, 11) is 0. The van der Waals surface area contributed by atoms with Crippen LogP contribution >= 0.6 is 0 Å². The number of benzene rings is 2. The Bertz CT molecular complexity index is 666. The van der Waals surface area contributed by atoms with Crippen LogP contribution in [0.4, 0.5) is 11.4 Å². The third-order valence-corrected chi connectivity index (χ3v) is 3.68. The summed E-state index contributed by atoms with van der Waals surface area (Å²) < 4.78 is 0. The lowest BCUT2D eigenvalue weighted by molar-refractivity contribution is -0.385. The summed E-state index contributed by atoms with van der Waals surface area (Å²) in [5.41, 5.74) is 5.36. The summed E-state index contributed by atoms with van der Waals surface area (Å²) >= 11 is 0. The summed E-state index contributed by atoms with van der Waals surface area (Å²) in [6, 6.07) is 11.6. The van der Waals surface area contributed by atoms with E-state index in [9.17, 15) is 10.1 Å². The number of para-hydroxylation sites is 1. The first-order chi connectivity index (χ1) is 10.0. The van der Waals surface area contributed by atoms with Crippen LogP contribution in [0.25, 0.3) is 0 Å². The van der Waals surface area contributed by atoms with Gasteiger partial charge in [0.25, 0.3) is 5.69 Å². The first kappa shape index (κ1) is 15.0.